The fraction of sp³-hybridized carbons (Fsp3) is 0.286. The quantitative estimate of drug-likeness (QED) is 0.286. The van der Waals surface area contributed by atoms with Crippen LogP contribution in [0.25, 0.3) is 10.2 Å². The van der Waals surface area contributed by atoms with Crippen molar-refractivity contribution in [2.45, 2.75) is 17.7 Å². The van der Waals surface area contributed by atoms with E-state index in [0.717, 1.165) is 28.8 Å². The Bertz CT molecular complexity index is 1570. The standard InChI is InChI=1S/C28H30N4O4S2.ClH/c1-30(2)18-19-31(28-29-26-24(36-3)11-6-12-25(26)37-28)27(33)21-13-15-22(16-14-21)38(34,35)32-17-7-9-20-8-4-5-10-23(20)32;/h4-6,8,10-16H,7,9,17-19H2,1-3H3;1H. The van der Waals surface area contributed by atoms with Crippen molar-refractivity contribution in [2.75, 3.05) is 50.0 Å². The Labute approximate surface area is 239 Å². The minimum absolute atomic E-state index is 0. The second-order valence-electron chi connectivity index (χ2n) is 9.40. The molecule has 1 aliphatic heterocycles. The predicted octanol–water partition coefficient (Wildman–Crippen LogP) is 5.08. The molecule has 1 aliphatic rings. The van der Waals surface area contributed by atoms with Crippen LogP contribution in [-0.2, 0) is 16.4 Å². The largest absolute Gasteiger partial charge is 0.494 e. The first kappa shape index (κ1) is 28.8. The predicted molar refractivity (Wildman–Crippen MR) is 159 cm³/mol. The summed E-state index contributed by atoms with van der Waals surface area (Å²) in [5.41, 5.74) is 2.85. The van der Waals surface area contributed by atoms with Crippen LogP contribution in [0.4, 0.5) is 10.8 Å². The summed E-state index contributed by atoms with van der Waals surface area (Å²) in [5.74, 6) is 0.413. The number of carbonyl (C=O) groups is 1. The van der Waals surface area contributed by atoms with Crippen LogP contribution in [0.3, 0.4) is 0 Å². The Morgan fingerprint density at radius 2 is 1.77 bits per heavy atom. The number of benzene rings is 3. The van der Waals surface area contributed by atoms with Crippen LogP contribution in [0.15, 0.2) is 71.6 Å². The zero-order valence-electron chi connectivity index (χ0n) is 22.0. The van der Waals surface area contributed by atoms with Crippen molar-refractivity contribution in [3.05, 3.63) is 77.9 Å². The summed E-state index contributed by atoms with van der Waals surface area (Å²) >= 11 is 1.42. The van der Waals surface area contributed by atoms with Crippen molar-refractivity contribution in [3.8, 4) is 5.75 Å². The lowest BCUT2D eigenvalue weighted by atomic mass is 10.0. The zero-order chi connectivity index (χ0) is 26.9. The SMILES string of the molecule is COc1cccc2sc(N(CCN(C)C)C(=O)c3ccc(S(=O)(=O)N4CCCc5ccccc54)cc3)nc12.Cl. The summed E-state index contributed by atoms with van der Waals surface area (Å²) in [6.07, 6.45) is 1.62. The van der Waals surface area contributed by atoms with E-state index in [1.54, 1.807) is 24.1 Å². The average molecular weight is 587 g/mol. The van der Waals surface area contributed by atoms with E-state index in [9.17, 15) is 13.2 Å². The lowest BCUT2D eigenvalue weighted by Gasteiger charge is -2.30. The lowest BCUT2D eigenvalue weighted by molar-refractivity contribution is 0.0985. The van der Waals surface area contributed by atoms with Crippen molar-refractivity contribution >= 4 is 60.7 Å². The van der Waals surface area contributed by atoms with Crippen LogP contribution >= 0.6 is 23.7 Å². The van der Waals surface area contributed by atoms with E-state index in [1.165, 1.54) is 27.8 Å². The Morgan fingerprint density at radius 1 is 1.03 bits per heavy atom. The third kappa shape index (κ3) is 5.74. The molecule has 1 aromatic heterocycles. The Hall–Kier alpha value is -3.18. The van der Waals surface area contributed by atoms with E-state index in [2.05, 4.69) is 0 Å². The number of sulfonamides is 1. The number of nitrogens with zero attached hydrogens (tertiary/aromatic N) is 4. The molecule has 0 N–H and O–H groups in total. The first-order valence-electron chi connectivity index (χ1n) is 12.4. The van der Waals surface area contributed by atoms with Crippen LogP contribution < -0.4 is 13.9 Å². The molecule has 0 aliphatic carbocycles. The minimum Gasteiger partial charge on any atom is -0.494 e. The Kier molecular flexibility index (Phi) is 8.80. The second kappa shape index (κ2) is 11.9. The fourth-order valence-corrected chi connectivity index (χ4v) is 7.13. The summed E-state index contributed by atoms with van der Waals surface area (Å²) in [6, 6.07) is 19.5. The molecule has 0 fully saturated rings. The summed E-state index contributed by atoms with van der Waals surface area (Å²) in [4.78, 5) is 22.2. The van der Waals surface area contributed by atoms with E-state index in [0.29, 0.717) is 41.6 Å². The molecule has 0 saturated carbocycles. The molecule has 0 saturated heterocycles. The van der Waals surface area contributed by atoms with Gasteiger partial charge in [0.15, 0.2) is 5.13 Å². The molecule has 3 aromatic carbocycles. The Balaban J connectivity index is 0.00000353. The van der Waals surface area contributed by atoms with E-state index in [1.807, 2.05) is 61.5 Å². The van der Waals surface area contributed by atoms with Gasteiger partial charge in [-0.25, -0.2) is 13.4 Å². The number of ether oxygens (including phenoxy) is 1. The molecule has 11 heteroatoms. The summed E-state index contributed by atoms with van der Waals surface area (Å²) in [6.45, 7) is 1.50. The molecule has 39 heavy (non-hydrogen) atoms. The van der Waals surface area contributed by atoms with Crippen molar-refractivity contribution in [3.63, 3.8) is 0 Å². The number of amides is 1. The normalized spacial score (nSPS) is 13.2. The van der Waals surface area contributed by atoms with Crippen molar-refractivity contribution in [1.29, 1.82) is 0 Å². The Morgan fingerprint density at radius 3 is 2.49 bits per heavy atom. The number of para-hydroxylation sites is 2. The molecule has 2 heterocycles. The summed E-state index contributed by atoms with van der Waals surface area (Å²) in [7, 11) is 1.73. The molecular weight excluding hydrogens is 556 g/mol. The van der Waals surface area contributed by atoms with Gasteiger partial charge in [-0.3, -0.25) is 14.0 Å². The molecule has 0 atom stereocenters. The number of aryl methyl sites for hydroxylation is 1. The van der Waals surface area contributed by atoms with Crippen LogP contribution in [-0.4, -0.2) is 65.0 Å². The van der Waals surface area contributed by atoms with E-state index < -0.39 is 10.0 Å². The lowest BCUT2D eigenvalue weighted by Crippen LogP contribution is -2.37. The van der Waals surface area contributed by atoms with Crippen LogP contribution in [0.1, 0.15) is 22.3 Å². The van der Waals surface area contributed by atoms with E-state index in [4.69, 9.17) is 9.72 Å². The number of thiazole rings is 1. The average Bonchev–Trinajstić information content (AvgIpc) is 3.36. The maximum atomic E-state index is 13.7. The van der Waals surface area contributed by atoms with Gasteiger partial charge in [-0.15, -0.1) is 12.4 Å². The number of fused-ring (bicyclic) bond motifs is 2. The number of methoxy groups -OCH3 is 1. The smallest absolute Gasteiger partial charge is 0.264 e. The molecule has 8 nitrogen and oxygen atoms in total. The van der Waals surface area contributed by atoms with E-state index in [-0.39, 0.29) is 23.2 Å². The highest BCUT2D eigenvalue weighted by Gasteiger charge is 2.29. The van der Waals surface area contributed by atoms with Gasteiger partial charge in [0.25, 0.3) is 15.9 Å². The number of hydrogen-bond donors (Lipinski definition) is 0. The van der Waals surface area contributed by atoms with Gasteiger partial charge in [0.2, 0.25) is 0 Å². The van der Waals surface area contributed by atoms with Crippen molar-refractivity contribution in [1.82, 2.24) is 9.88 Å². The van der Waals surface area contributed by atoms with Gasteiger partial charge in [-0.1, -0.05) is 35.6 Å². The highest BCUT2D eigenvalue weighted by molar-refractivity contribution is 7.92. The fourth-order valence-electron chi connectivity index (χ4n) is 4.58. The molecule has 0 unspecified atom stereocenters. The van der Waals surface area contributed by atoms with Gasteiger partial charge in [-0.05, 0) is 75.0 Å². The molecule has 5 rings (SSSR count). The number of carbonyl (C=O) groups excluding carboxylic acids is 1. The van der Waals surface area contributed by atoms with Gasteiger partial charge >= 0.3 is 0 Å². The number of rotatable bonds is 8. The molecule has 4 aromatic rings. The zero-order valence-corrected chi connectivity index (χ0v) is 24.5. The maximum Gasteiger partial charge on any atom is 0.264 e. The number of hydrogen-bond acceptors (Lipinski definition) is 7. The molecular formula is C28H31ClN4O4S2. The molecule has 206 valence electrons. The topological polar surface area (TPSA) is 83.0 Å². The summed E-state index contributed by atoms with van der Waals surface area (Å²) < 4.78 is 34.9. The van der Waals surface area contributed by atoms with Crippen LogP contribution in [0, 0.1) is 0 Å². The third-order valence-electron chi connectivity index (χ3n) is 6.59. The van der Waals surface area contributed by atoms with Gasteiger partial charge in [0.05, 0.1) is 22.4 Å². The number of aromatic nitrogens is 1. The van der Waals surface area contributed by atoms with Crippen molar-refractivity contribution < 1.29 is 17.9 Å². The van der Waals surface area contributed by atoms with Gasteiger partial charge < -0.3 is 9.64 Å². The molecule has 1 amide bonds. The molecule has 0 bridgehead atoms. The first-order chi connectivity index (χ1) is 18.3. The van der Waals surface area contributed by atoms with Crippen molar-refractivity contribution in [2.24, 2.45) is 0 Å². The van der Waals surface area contributed by atoms with Crippen LogP contribution in [0.5, 0.6) is 5.75 Å². The highest BCUT2D eigenvalue weighted by Crippen LogP contribution is 2.35. The van der Waals surface area contributed by atoms with Crippen LogP contribution in [0.2, 0.25) is 0 Å². The first-order valence-corrected chi connectivity index (χ1v) is 14.7. The number of likely N-dealkylation sites (N-methyl/N-ethyl adjacent to an activating group) is 1. The molecule has 0 radical (unpaired) electrons. The summed E-state index contributed by atoms with van der Waals surface area (Å²) in [5, 5.41) is 0.568. The van der Waals surface area contributed by atoms with Gasteiger partial charge in [0, 0.05) is 25.2 Å². The third-order valence-corrected chi connectivity index (χ3v) is 9.47. The molecule has 0 spiro atoms. The maximum absolute atomic E-state index is 13.7. The van der Waals surface area contributed by atoms with Gasteiger partial charge in [0.1, 0.15) is 11.3 Å². The number of anilines is 2. The number of halogens is 1. The second-order valence-corrected chi connectivity index (χ2v) is 12.3. The van der Waals surface area contributed by atoms with E-state index >= 15 is 0 Å². The van der Waals surface area contributed by atoms with Gasteiger partial charge in [-0.2, -0.15) is 0 Å². The highest BCUT2D eigenvalue weighted by atomic mass is 35.5. The monoisotopic (exact) mass is 586 g/mol. The minimum atomic E-state index is -3.76.